The minimum atomic E-state index is -0.409. The molecule has 0 fully saturated rings. The highest BCUT2D eigenvalue weighted by molar-refractivity contribution is 7.98. The van der Waals surface area contributed by atoms with Crippen LogP contribution in [0.2, 0.25) is 0 Å². The number of furan rings is 2. The van der Waals surface area contributed by atoms with Gasteiger partial charge < -0.3 is 18.0 Å². The van der Waals surface area contributed by atoms with Crippen LogP contribution in [0.5, 0.6) is 0 Å². The number of thioether (sulfide) groups is 1. The first-order valence-corrected chi connectivity index (χ1v) is 7.50. The maximum absolute atomic E-state index is 11.7. The van der Waals surface area contributed by atoms with Crippen LogP contribution in [0, 0.1) is 0 Å². The third-order valence-electron chi connectivity index (χ3n) is 2.71. The van der Waals surface area contributed by atoms with Crippen LogP contribution >= 0.6 is 11.8 Å². The summed E-state index contributed by atoms with van der Waals surface area (Å²) in [6.45, 7) is 2.06. The fourth-order valence-electron chi connectivity index (χ4n) is 1.74. The molecule has 0 aliphatic carbocycles. The van der Waals surface area contributed by atoms with Crippen LogP contribution in [0.25, 0.3) is 11.7 Å². The molecule has 0 aromatic carbocycles. The van der Waals surface area contributed by atoms with E-state index in [0.29, 0.717) is 40.6 Å². The summed E-state index contributed by atoms with van der Waals surface area (Å²) in [6.07, 6.45) is 2.98. The van der Waals surface area contributed by atoms with Crippen LogP contribution in [0.3, 0.4) is 0 Å². The van der Waals surface area contributed by atoms with Gasteiger partial charge in [-0.3, -0.25) is 0 Å². The Hall–Kier alpha value is -2.48. The first-order chi connectivity index (χ1) is 10.8. The summed E-state index contributed by atoms with van der Waals surface area (Å²) in [6, 6.07) is 5.05. The van der Waals surface area contributed by atoms with Crippen LogP contribution in [-0.2, 0) is 10.5 Å². The van der Waals surface area contributed by atoms with Crippen LogP contribution in [0.4, 0.5) is 0 Å². The second-order valence-corrected chi connectivity index (χ2v) is 5.04. The van der Waals surface area contributed by atoms with Gasteiger partial charge in [0.2, 0.25) is 0 Å². The van der Waals surface area contributed by atoms with Gasteiger partial charge in [-0.25, -0.2) is 4.79 Å². The van der Waals surface area contributed by atoms with E-state index in [1.165, 1.54) is 24.3 Å². The van der Waals surface area contributed by atoms with Gasteiger partial charge in [0.05, 0.1) is 24.9 Å². The number of rotatable bonds is 6. The fraction of sp³-hybridized carbons (Fsp3) is 0.214. The van der Waals surface area contributed by atoms with E-state index in [1.54, 1.807) is 25.1 Å². The minimum Gasteiger partial charge on any atom is -0.468 e. The normalized spacial score (nSPS) is 10.8. The third-order valence-corrected chi connectivity index (χ3v) is 3.52. The molecule has 0 amide bonds. The zero-order valence-electron chi connectivity index (χ0n) is 11.6. The lowest BCUT2D eigenvalue weighted by molar-refractivity contribution is 0.0524. The molecule has 0 saturated heterocycles. The summed E-state index contributed by atoms with van der Waals surface area (Å²) in [5.74, 6) is 1.28. The lowest BCUT2D eigenvalue weighted by atomic mass is 10.3. The van der Waals surface area contributed by atoms with Crippen LogP contribution in [0.15, 0.2) is 49.2 Å². The molecule has 0 aliphatic heterocycles. The van der Waals surface area contributed by atoms with Gasteiger partial charge in [0.1, 0.15) is 11.3 Å². The topological polar surface area (TPSA) is 91.5 Å². The van der Waals surface area contributed by atoms with E-state index in [1.807, 2.05) is 0 Å². The number of hydrogen-bond acceptors (Lipinski definition) is 8. The lowest BCUT2D eigenvalue weighted by Crippen LogP contribution is -2.05. The number of hydrogen-bond donors (Lipinski definition) is 0. The van der Waals surface area contributed by atoms with Gasteiger partial charge in [-0.2, -0.15) is 0 Å². The summed E-state index contributed by atoms with van der Waals surface area (Å²) in [7, 11) is 0. The number of esters is 1. The van der Waals surface area contributed by atoms with Crippen LogP contribution in [-0.4, -0.2) is 22.8 Å². The molecular weight excluding hydrogens is 308 g/mol. The predicted octanol–water partition coefficient (Wildman–Crippen LogP) is 3.39. The van der Waals surface area contributed by atoms with Crippen molar-refractivity contribution in [2.45, 2.75) is 17.9 Å². The van der Waals surface area contributed by atoms with Crippen molar-refractivity contribution in [3.8, 4) is 11.7 Å². The quantitative estimate of drug-likeness (QED) is 0.504. The van der Waals surface area contributed by atoms with Crippen molar-refractivity contribution in [1.29, 1.82) is 0 Å². The molecule has 3 aromatic heterocycles. The summed E-state index contributed by atoms with van der Waals surface area (Å²) in [4.78, 5) is 11.7. The second kappa shape index (κ2) is 6.52. The maximum atomic E-state index is 11.7. The second-order valence-electron chi connectivity index (χ2n) is 4.12. The average Bonchev–Trinajstić information content (AvgIpc) is 3.25. The largest absolute Gasteiger partial charge is 0.468 e. The van der Waals surface area contributed by atoms with E-state index in [4.69, 9.17) is 18.0 Å². The Morgan fingerprint density at radius 3 is 2.95 bits per heavy atom. The van der Waals surface area contributed by atoms with E-state index in [-0.39, 0.29) is 0 Å². The molecule has 3 rings (SSSR count). The van der Waals surface area contributed by atoms with E-state index in [0.717, 1.165) is 0 Å². The van der Waals surface area contributed by atoms with Gasteiger partial charge in [0.15, 0.2) is 5.76 Å². The highest BCUT2D eigenvalue weighted by Crippen LogP contribution is 2.27. The number of aromatic nitrogens is 2. The Bertz CT molecular complexity index is 747. The van der Waals surface area contributed by atoms with Gasteiger partial charge in [0.25, 0.3) is 11.1 Å². The molecule has 0 aliphatic rings. The molecule has 0 bridgehead atoms. The Balaban J connectivity index is 1.66. The average molecular weight is 320 g/mol. The molecule has 0 unspecified atom stereocenters. The molecule has 0 saturated carbocycles. The van der Waals surface area contributed by atoms with E-state index >= 15 is 0 Å². The van der Waals surface area contributed by atoms with Crippen molar-refractivity contribution < 1.29 is 22.8 Å². The highest BCUT2D eigenvalue weighted by Gasteiger charge is 2.17. The zero-order valence-corrected chi connectivity index (χ0v) is 12.5. The Morgan fingerprint density at radius 1 is 1.27 bits per heavy atom. The monoisotopic (exact) mass is 320 g/mol. The van der Waals surface area contributed by atoms with Gasteiger partial charge in [0, 0.05) is 0 Å². The molecule has 0 atom stereocenters. The molecule has 8 heteroatoms. The Labute approximate surface area is 129 Å². The summed E-state index contributed by atoms with van der Waals surface area (Å²) in [5.41, 5.74) is 0.403. The molecule has 7 nitrogen and oxygen atoms in total. The molecule has 0 N–H and O–H groups in total. The van der Waals surface area contributed by atoms with E-state index in [9.17, 15) is 4.79 Å². The molecule has 0 spiro atoms. The zero-order chi connectivity index (χ0) is 15.4. The molecule has 3 aromatic rings. The van der Waals surface area contributed by atoms with E-state index in [2.05, 4.69) is 10.2 Å². The van der Waals surface area contributed by atoms with Crippen molar-refractivity contribution >= 4 is 17.7 Å². The van der Waals surface area contributed by atoms with Gasteiger partial charge >= 0.3 is 5.97 Å². The standard InChI is InChI=1S/C14H12N2O5S/c1-2-18-13(17)9-5-7-20-11(9)8-22-14-16-15-12(21-14)10-4-3-6-19-10/h3-7H,2,8H2,1H3. The highest BCUT2D eigenvalue weighted by atomic mass is 32.2. The molecule has 114 valence electrons. The fourth-order valence-corrected chi connectivity index (χ4v) is 2.45. The molecule has 3 heterocycles. The van der Waals surface area contributed by atoms with Gasteiger partial charge in [-0.1, -0.05) is 11.8 Å². The van der Waals surface area contributed by atoms with Crippen molar-refractivity contribution in [1.82, 2.24) is 10.2 Å². The summed E-state index contributed by atoms with van der Waals surface area (Å²) in [5, 5.41) is 8.16. The van der Waals surface area contributed by atoms with Gasteiger partial charge in [-0.05, 0) is 25.1 Å². The van der Waals surface area contributed by atoms with Crippen LogP contribution in [0.1, 0.15) is 23.0 Å². The molecular formula is C14H12N2O5S. The van der Waals surface area contributed by atoms with Crippen molar-refractivity contribution in [2.75, 3.05) is 6.61 Å². The van der Waals surface area contributed by atoms with Crippen molar-refractivity contribution in [3.63, 3.8) is 0 Å². The lowest BCUT2D eigenvalue weighted by Gasteiger charge is -2.01. The third kappa shape index (κ3) is 3.06. The number of nitrogens with zero attached hydrogens (tertiary/aromatic N) is 2. The van der Waals surface area contributed by atoms with Crippen LogP contribution < -0.4 is 0 Å². The maximum Gasteiger partial charge on any atom is 0.341 e. The first-order valence-electron chi connectivity index (χ1n) is 6.51. The summed E-state index contributed by atoms with van der Waals surface area (Å²) >= 11 is 1.26. The van der Waals surface area contributed by atoms with E-state index < -0.39 is 5.97 Å². The Morgan fingerprint density at radius 2 is 2.18 bits per heavy atom. The number of ether oxygens (including phenoxy) is 1. The summed E-state index contributed by atoms with van der Waals surface area (Å²) < 4.78 is 20.9. The Kier molecular flexibility index (Phi) is 4.29. The van der Waals surface area contributed by atoms with Crippen molar-refractivity contribution in [3.05, 3.63) is 42.0 Å². The molecule has 0 radical (unpaired) electrons. The minimum absolute atomic E-state index is 0.303. The predicted molar refractivity (Wildman–Crippen MR) is 76.2 cm³/mol. The number of carbonyl (C=O) groups excluding carboxylic acids is 1. The van der Waals surface area contributed by atoms with Crippen molar-refractivity contribution in [2.24, 2.45) is 0 Å². The first kappa shape index (κ1) is 14.5. The SMILES string of the molecule is CCOC(=O)c1ccoc1CSc1nnc(-c2ccco2)o1. The van der Waals surface area contributed by atoms with Gasteiger partial charge in [-0.15, -0.1) is 10.2 Å². The smallest absolute Gasteiger partial charge is 0.341 e. The number of carbonyl (C=O) groups is 1. The molecule has 22 heavy (non-hydrogen) atoms.